The molecule has 1 nitrogen and oxygen atoms in total. The third-order valence-electron chi connectivity index (χ3n) is 3.35. The molecule has 76 valence electrons. The summed E-state index contributed by atoms with van der Waals surface area (Å²) in [6.07, 6.45) is 6.60. The second-order valence-corrected chi connectivity index (χ2v) is 4.78. The van der Waals surface area contributed by atoms with Crippen LogP contribution in [0.25, 0.3) is 0 Å². The number of hydrogen-bond donors (Lipinski definition) is 0. The van der Waals surface area contributed by atoms with Gasteiger partial charge in [-0.3, -0.25) is 4.79 Å². The number of ketones is 1. The van der Waals surface area contributed by atoms with Crippen LogP contribution < -0.4 is 0 Å². The zero-order chi connectivity index (χ0) is 9.84. The molecule has 0 saturated heterocycles. The summed E-state index contributed by atoms with van der Waals surface area (Å²) in [6, 6.07) is 0. The minimum Gasteiger partial charge on any atom is -0.300 e. The maximum atomic E-state index is 11.5. The fraction of sp³-hybridized carbons (Fsp3) is 0.917. The highest BCUT2D eigenvalue weighted by molar-refractivity contribution is 5.78. The predicted molar refractivity (Wildman–Crippen MR) is 55.6 cm³/mol. The average molecular weight is 182 g/mol. The van der Waals surface area contributed by atoms with Crippen LogP contribution in [-0.4, -0.2) is 5.78 Å². The maximum Gasteiger partial charge on any atom is 0.133 e. The van der Waals surface area contributed by atoms with Crippen molar-refractivity contribution in [1.29, 1.82) is 0 Å². The number of carbonyl (C=O) groups excluding carboxylic acids is 1. The van der Waals surface area contributed by atoms with E-state index in [1.54, 1.807) is 6.92 Å². The molecule has 0 bridgehead atoms. The van der Waals surface area contributed by atoms with Crippen LogP contribution in [0.3, 0.4) is 0 Å². The normalized spacial score (nSPS) is 21.8. The van der Waals surface area contributed by atoms with Crippen molar-refractivity contribution in [3.05, 3.63) is 0 Å². The third-order valence-corrected chi connectivity index (χ3v) is 3.35. The van der Waals surface area contributed by atoms with E-state index in [4.69, 9.17) is 0 Å². The fourth-order valence-electron chi connectivity index (χ4n) is 2.84. The van der Waals surface area contributed by atoms with E-state index in [0.717, 1.165) is 0 Å². The minimum atomic E-state index is 0.334. The summed E-state index contributed by atoms with van der Waals surface area (Å²) in [5.41, 5.74) is 0. The van der Waals surface area contributed by atoms with Gasteiger partial charge in [0.2, 0.25) is 0 Å². The average Bonchev–Trinajstić information content (AvgIpc) is 2.04. The van der Waals surface area contributed by atoms with Crippen molar-refractivity contribution >= 4 is 5.78 Å². The lowest BCUT2D eigenvalue weighted by Gasteiger charge is -2.31. The highest BCUT2D eigenvalue weighted by atomic mass is 16.1. The van der Waals surface area contributed by atoms with Crippen molar-refractivity contribution in [2.75, 3.05) is 0 Å². The van der Waals surface area contributed by atoms with Gasteiger partial charge in [0.25, 0.3) is 0 Å². The van der Waals surface area contributed by atoms with E-state index in [1.165, 1.54) is 32.1 Å². The molecule has 0 aromatic rings. The largest absolute Gasteiger partial charge is 0.300 e. The Bertz CT molecular complexity index is 166. The monoisotopic (exact) mass is 182 g/mol. The molecule has 1 fully saturated rings. The van der Waals surface area contributed by atoms with Gasteiger partial charge in [0.05, 0.1) is 0 Å². The standard InChI is InChI=1S/C12H22O/c1-9(2)12(10(3)13)11-7-5-4-6-8-11/h9,11-12H,4-8H2,1-3H3. The molecule has 0 spiro atoms. The van der Waals surface area contributed by atoms with Crippen molar-refractivity contribution in [3.8, 4) is 0 Å². The zero-order valence-corrected chi connectivity index (χ0v) is 9.18. The molecule has 1 aliphatic rings. The van der Waals surface area contributed by atoms with Gasteiger partial charge in [0.1, 0.15) is 5.78 Å². The summed E-state index contributed by atoms with van der Waals surface area (Å²) in [5, 5.41) is 0. The Morgan fingerprint density at radius 3 is 2.08 bits per heavy atom. The molecular weight excluding hydrogens is 160 g/mol. The molecule has 1 unspecified atom stereocenters. The smallest absolute Gasteiger partial charge is 0.133 e. The number of Topliss-reactive ketones (excluding diaryl/α,β-unsaturated/α-hetero) is 1. The second-order valence-electron chi connectivity index (χ2n) is 4.78. The summed E-state index contributed by atoms with van der Waals surface area (Å²) in [5.74, 6) is 1.95. The summed E-state index contributed by atoms with van der Waals surface area (Å²) in [7, 11) is 0. The molecule has 0 aromatic heterocycles. The van der Waals surface area contributed by atoms with E-state index in [-0.39, 0.29) is 0 Å². The Hall–Kier alpha value is -0.330. The topological polar surface area (TPSA) is 17.1 Å². The molecule has 0 heterocycles. The van der Waals surface area contributed by atoms with Gasteiger partial charge < -0.3 is 0 Å². The van der Waals surface area contributed by atoms with Gasteiger partial charge in [-0.15, -0.1) is 0 Å². The van der Waals surface area contributed by atoms with Crippen LogP contribution in [-0.2, 0) is 4.79 Å². The van der Waals surface area contributed by atoms with Gasteiger partial charge in [-0.1, -0.05) is 33.1 Å². The molecule has 0 N–H and O–H groups in total. The molecule has 0 amide bonds. The van der Waals surface area contributed by atoms with Gasteiger partial charge in [-0.25, -0.2) is 0 Å². The Labute approximate surface area is 81.9 Å². The highest BCUT2D eigenvalue weighted by Gasteiger charge is 2.29. The molecule has 1 aliphatic carbocycles. The Morgan fingerprint density at radius 1 is 1.15 bits per heavy atom. The Morgan fingerprint density at radius 2 is 1.69 bits per heavy atom. The van der Waals surface area contributed by atoms with Crippen LogP contribution in [0.2, 0.25) is 0 Å². The quantitative estimate of drug-likeness (QED) is 0.653. The van der Waals surface area contributed by atoms with Gasteiger partial charge in [-0.2, -0.15) is 0 Å². The summed E-state index contributed by atoms with van der Waals surface area (Å²) >= 11 is 0. The Balaban J connectivity index is 2.57. The second kappa shape index (κ2) is 4.78. The fourth-order valence-corrected chi connectivity index (χ4v) is 2.84. The van der Waals surface area contributed by atoms with Crippen molar-refractivity contribution in [3.63, 3.8) is 0 Å². The minimum absolute atomic E-state index is 0.334. The molecule has 1 rings (SSSR count). The third kappa shape index (κ3) is 2.82. The zero-order valence-electron chi connectivity index (χ0n) is 9.18. The van der Waals surface area contributed by atoms with Crippen LogP contribution in [0.4, 0.5) is 0 Å². The van der Waals surface area contributed by atoms with Gasteiger partial charge in [-0.05, 0) is 31.6 Å². The van der Waals surface area contributed by atoms with E-state index < -0.39 is 0 Å². The number of rotatable bonds is 3. The van der Waals surface area contributed by atoms with Gasteiger partial charge >= 0.3 is 0 Å². The maximum absolute atomic E-state index is 11.5. The summed E-state index contributed by atoms with van der Waals surface area (Å²) < 4.78 is 0. The van der Waals surface area contributed by atoms with Gasteiger partial charge in [0.15, 0.2) is 0 Å². The van der Waals surface area contributed by atoms with Crippen molar-refractivity contribution in [2.45, 2.75) is 52.9 Å². The highest BCUT2D eigenvalue weighted by Crippen LogP contribution is 2.34. The molecule has 1 saturated carbocycles. The van der Waals surface area contributed by atoms with Crippen LogP contribution in [0.15, 0.2) is 0 Å². The van der Waals surface area contributed by atoms with E-state index in [0.29, 0.717) is 23.5 Å². The first kappa shape index (κ1) is 10.7. The summed E-state index contributed by atoms with van der Waals surface area (Å²) in [6.45, 7) is 6.13. The van der Waals surface area contributed by atoms with Crippen LogP contribution in [0.5, 0.6) is 0 Å². The number of hydrogen-bond acceptors (Lipinski definition) is 1. The van der Waals surface area contributed by atoms with E-state index in [1.807, 2.05) is 0 Å². The molecule has 1 heteroatoms. The van der Waals surface area contributed by atoms with E-state index >= 15 is 0 Å². The van der Waals surface area contributed by atoms with Crippen molar-refractivity contribution < 1.29 is 4.79 Å². The van der Waals surface area contributed by atoms with Gasteiger partial charge in [0, 0.05) is 5.92 Å². The summed E-state index contributed by atoms with van der Waals surface area (Å²) in [4.78, 5) is 11.5. The Kier molecular flexibility index (Phi) is 3.95. The van der Waals surface area contributed by atoms with Crippen LogP contribution in [0.1, 0.15) is 52.9 Å². The van der Waals surface area contributed by atoms with E-state index in [2.05, 4.69) is 13.8 Å². The lowest BCUT2D eigenvalue weighted by molar-refractivity contribution is -0.124. The molecule has 1 atom stereocenters. The predicted octanol–water partition coefficient (Wildman–Crippen LogP) is 3.43. The SMILES string of the molecule is CC(=O)C(C(C)C)C1CCCCC1. The van der Waals surface area contributed by atoms with Crippen LogP contribution in [0, 0.1) is 17.8 Å². The van der Waals surface area contributed by atoms with E-state index in [9.17, 15) is 4.79 Å². The first-order valence-corrected chi connectivity index (χ1v) is 5.63. The molecule has 0 radical (unpaired) electrons. The van der Waals surface area contributed by atoms with Crippen LogP contribution >= 0.6 is 0 Å². The van der Waals surface area contributed by atoms with Crippen molar-refractivity contribution in [2.24, 2.45) is 17.8 Å². The lowest BCUT2D eigenvalue weighted by Crippen LogP contribution is -2.28. The van der Waals surface area contributed by atoms with Crippen molar-refractivity contribution in [1.82, 2.24) is 0 Å². The molecule has 13 heavy (non-hydrogen) atoms. The lowest BCUT2D eigenvalue weighted by atomic mass is 9.73. The first-order valence-electron chi connectivity index (χ1n) is 5.63. The molecule has 0 aliphatic heterocycles. The molecule has 0 aromatic carbocycles. The first-order chi connectivity index (χ1) is 6.13. The number of carbonyl (C=O) groups is 1. The molecular formula is C12H22O.